The first kappa shape index (κ1) is 13.4. The van der Waals surface area contributed by atoms with E-state index in [0.717, 1.165) is 6.54 Å². The third kappa shape index (κ3) is 5.94. The van der Waals surface area contributed by atoms with Gasteiger partial charge in [-0.25, -0.2) is 0 Å². The van der Waals surface area contributed by atoms with Crippen molar-refractivity contribution >= 4 is 5.97 Å². The highest BCUT2D eigenvalue weighted by molar-refractivity contribution is 5.73. The number of carboxylic acids is 1. The molecule has 0 aliphatic rings. The molecule has 2 N–H and O–H groups in total. The molecule has 0 heterocycles. The van der Waals surface area contributed by atoms with Gasteiger partial charge in [-0.1, -0.05) is 20.8 Å². The molecule has 0 saturated heterocycles. The van der Waals surface area contributed by atoms with E-state index < -0.39 is 12.0 Å². The quantitative estimate of drug-likeness (QED) is 0.687. The largest absolute Gasteiger partial charge is 0.480 e. The van der Waals surface area contributed by atoms with Crippen LogP contribution in [0, 0.1) is 5.41 Å². The fourth-order valence-electron chi connectivity index (χ4n) is 1.48. The highest BCUT2D eigenvalue weighted by Gasteiger charge is 2.20. The second kappa shape index (κ2) is 5.32. The third-order valence-electron chi connectivity index (χ3n) is 1.89. The summed E-state index contributed by atoms with van der Waals surface area (Å²) >= 11 is 0. The Morgan fingerprint density at radius 2 is 2.00 bits per heavy atom. The molecule has 0 saturated carbocycles. The van der Waals surface area contributed by atoms with Gasteiger partial charge in [0.1, 0.15) is 6.04 Å². The summed E-state index contributed by atoms with van der Waals surface area (Å²) < 4.78 is 0. The molecule has 0 fully saturated rings. The first-order valence-corrected chi connectivity index (χ1v) is 4.85. The van der Waals surface area contributed by atoms with Crippen LogP contribution in [0.3, 0.4) is 0 Å². The van der Waals surface area contributed by atoms with Gasteiger partial charge in [-0.2, -0.15) is 0 Å². The second-order valence-electron chi connectivity index (χ2n) is 4.94. The number of carboxylic acid groups (broad SMARTS) is 1. The molecule has 0 aromatic heterocycles. The van der Waals surface area contributed by atoms with E-state index in [2.05, 4.69) is 26.1 Å². The maximum atomic E-state index is 10.7. The van der Waals surface area contributed by atoms with E-state index in [0.29, 0.717) is 6.54 Å². The Morgan fingerprint density at radius 1 is 1.50 bits per heavy atom. The smallest absolute Gasteiger partial charge is 0.322 e. The lowest BCUT2D eigenvalue weighted by molar-refractivity contribution is -0.139. The molecular weight excluding hydrogens is 180 g/mol. The van der Waals surface area contributed by atoms with Crippen LogP contribution in [0.4, 0.5) is 0 Å². The Kier molecular flexibility index (Phi) is 5.08. The van der Waals surface area contributed by atoms with Crippen LogP contribution in [0.2, 0.25) is 0 Å². The van der Waals surface area contributed by atoms with E-state index in [9.17, 15) is 4.79 Å². The zero-order chi connectivity index (χ0) is 11.4. The van der Waals surface area contributed by atoms with E-state index in [-0.39, 0.29) is 5.41 Å². The summed E-state index contributed by atoms with van der Waals surface area (Å²) in [5, 5.41) is 11.6. The molecule has 1 unspecified atom stereocenters. The maximum Gasteiger partial charge on any atom is 0.322 e. The molecule has 4 heteroatoms. The van der Waals surface area contributed by atoms with Crippen molar-refractivity contribution in [1.29, 1.82) is 0 Å². The predicted octanol–water partition coefficient (Wildman–Crippen LogP) is 0.637. The lowest BCUT2D eigenvalue weighted by Crippen LogP contribution is -2.45. The number of likely N-dealkylation sites (N-methyl/N-ethyl adjacent to an activating group) is 2. The molecule has 0 radical (unpaired) electrons. The van der Waals surface area contributed by atoms with Crippen LogP contribution < -0.4 is 5.32 Å². The molecule has 0 rings (SSSR count). The minimum absolute atomic E-state index is 0.200. The summed E-state index contributed by atoms with van der Waals surface area (Å²) in [5.74, 6) is -0.798. The van der Waals surface area contributed by atoms with Gasteiger partial charge in [0.25, 0.3) is 0 Å². The van der Waals surface area contributed by atoms with Crippen LogP contribution in [-0.4, -0.2) is 49.2 Å². The Hall–Kier alpha value is -0.610. The summed E-state index contributed by atoms with van der Waals surface area (Å²) in [6.07, 6.45) is 0. The molecule has 0 aromatic rings. The molecule has 1 atom stereocenters. The Labute approximate surface area is 86.3 Å². The van der Waals surface area contributed by atoms with Gasteiger partial charge >= 0.3 is 5.97 Å². The molecule has 84 valence electrons. The van der Waals surface area contributed by atoms with Crippen LogP contribution >= 0.6 is 0 Å². The summed E-state index contributed by atoms with van der Waals surface area (Å²) in [4.78, 5) is 12.8. The highest BCUT2D eigenvalue weighted by atomic mass is 16.4. The van der Waals surface area contributed by atoms with E-state index >= 15 is 0 Å². The topological polar surface area (TPSA) is 52.6 Å². The molecule has 0 bridgehead atoms. The van der Waals surface area contributed by atoms with E-state index in [1.807, 2.05) is 11.9 Å². The minimum atomic E-state index is -0.798. The Balaban J connectivity index is 4.03. The first-order valence-electron chi connectivity index (χ1n) is 4.85. The molecule has 0 aromatic carbocycles. The summed E-state index contributed by atoms with van der Waals surface area (Å²) in [5.41, 5.74) is 0.200. The van der Waals surface area contributed by atoms with Crippen LogP contribution in [0.15, 0.2) is 0 Å². The monoisotopic (exact) mass is 202 g/mol. The molecule has 0 amide bonds. The van der Waals surface area contributed by atoms with Crippen molar-refractivity contribution < 1.29 is 9.90 Å². The van der Waals surface area contributed by atoms with Crippen LogP contribution in [0.25, 0.3) is 0 Å². The zero-order valence-electron chi connectivity index (χ0n) is 9.79. The molecule has 14 heavy (non-hydrogen) atoms. The van der Waals surface area contributed by atoms with Crippen molar-refractivity contribution in [1.82, 2.24) is 10.2 Å². The van der Waals surface area contributed by atoms with Crippen LogP contribution in [0.5, 0.6) is 0 Å². The molecule has 0 aliphatic carbocycles. The van der Waals surface area contributed by atoms with Crippen molar-refractivity contribution in [3.63, 3.8) is 0 Å². The summed E-state index contributed by atoms with van der Waals surface area (Å²) in [6.45, 7) is 7.83. The Bertz CT molecular complexity index is 187. The van der Waals surface area contributed by atoms with Crippen molar-refractivity contribution in [3.8, 4) is 0 Å². The van der Waals surface area contributed by atoms with Crippen LogP contribution in [-0.2, 0) is 4.79 Å². The SMILES string of the molecule is CNC(CN(C)CC(C)(C)C)C(=O)O. The standard InChI is InChI=1S/C10H22N2O2/c1-10(2,3)7-12(5)6-8(11-4)9(13)14/h8,11H,6-7H2,1-5H3,(H,13,14). The van der Waals surface area contributed by atoms with Gasteiger partial charge in [0.15, 0.2) is 0 Å². The zero-order valence-corrected chi connectivity index (χ0v) is 9.79. The normalized spacial score (nSPS) is 14.4. The average molecular weight is 202 g/mol. The van der Waals surface area contributed by atoms with Gasteiger partial charge in [-0.05, 0) is 19.5 Å². The van der Waals surface area contributed by atoms with Crippen LogP contribution in [0.1, 0.15) is 20.8 Å². The second-order valence-corrected chi connectivity index (χ2v) is 4.94. The summed E-state index contributed by atoms with van der Waals surface area (Å²) in [6, 6.07) is -0.484. The molecule has 0 aliphatic heterocycles. The summed E-state index contributed by atoms with van der Waals surface area (Å²) in [7, 11) is 3.61. The van der Waals surface area contributed by atoms with E-state index in [1.54, 1.807) is 7.05 Å². The van der Waals surface area contributed by atoms with Crippen molar-refractivity contribution in [2.75, 3.05) is 27.2 Å². The van der Waals surface area contributed by atoms with Gasteiger partial charge in [0, 0.05) is 13.1 Å². The number of nitrogens with one attached hydrogen (secondary N) is 1. The lowest BCUT2D eigenvalue weighted by atomic mass is 9.96. The molecule has 4 nitrogen and oxygen atoms in total. The van der Waals surface area contributed by atoms with Crippen molar-refractivity contribution in [2.24, 2.45) is 5.41 Å². The lowest BCUT2D eigenvalue weighted by Gasteiger charge is -2.28. The van der Waals surface area contributed by atoms with E-state index in [4.69, 9.17) is 5.11 Å². The number of hydrogen-bond donors (Lipinski definition) is 2. The predicted molar refractivity (Wildman–Crippen MR) is 57.4 cm³/mol. The minimum Gasteiger partial charge on any atom is -0.480 e. The van der Waals surface area contributed by atoms with Gasteiger partial charge in [0.05, 0.1) is 0 Å². The van der Waals surface area contributed by atoms with Gasteiger partial charge in [0.2, 0.25) is 0 Å². The van der Waals surface area contributed by atoms with E-state index in [1.165, 1.54) is 0 Å². The van der Waals surface area contributed by atoms with Gasteiger partial charge in [-0.15, -0.1) is 0 Å². The number of aliphatic carboxylic acids is 1. The molecular formula is C10H22N2O2. The fraction of sp³-hybridized carbons (Fsp3) is 0.900. The highest BCUT2D eigenvalue weighted by Crippen LogP contribution is 2.13. The number of rotatable bonds is 5. The number of nitrogens with zero attached hydrogens (tertiary/aromatic N) is 1. The first-order chi connectivity index (χ1) is 6.26. The van der Waals surface area contributed by atoms with Crippen molar-refractivity contribution in [2.45, 2.75) is 26.8 Å². The van der Waals surface area contributed by atoms with Gasteiger partial charge in [-0.3, -0.25) is 4.79 Å². The third-order valence-corrected chi connectivity index (χ3v) is 1.89. The van der Waals surface area contributed by atoms with Crippen molar-refractivity contribution in [3.05, 3.63) is 0 Å². The molecule has 0 spiro atoms. The van der Waals surface area contributed by atoms with Gasteiger partial charge < -0.3 is 15.3 Å². The Morgan fingerprint density at radius 3 is 2.29 bits per heavy atom. The average Bonchev–Trinajstić information content (AvgIpc) is 1.96. The fourth-order valence-corrected chi connectivity index (χ4v) is 1.48. The number of hydrogen-bond acceptors (Lipinski definition) is 3. The number of carbonyl (C=O) groups is 1. The maximum absolute atomic E-state index is 10.7.